The van der Waals surface area contributed by atoms with E-state index in [0.29, 0.717) is 5.91 Å². The fourth-order valence-electron chi connectivity index (χ4n) is 3.76. The number of piperidine rings is 1. The van der Waals surface area contributed by atoms with Gasteiger partial charge in [-0.25, -0.2) is 0 Å². The van der Waals surface area contributed by atoms with Crippen molar-refractivity contribution in [2.75, 3.05) is 40.4 Å². The average Bonchev–Trinajstić information content (AvgIpc) is 3.16. The van der Waals surface area contributed by atoms with E-state index in [2.05, 4.69) is 15.9 Å². The molecule has 3 rings (SSSR count). The van der Waals surface area contributed by atoms with Gasteiger partial charge in [0.25, 0.3) is 0 Å². The van der Waals surface area contributed by atoms with Crippen LogP contribution >= 0.6 is 0 Å². The third-order valence-electron chi connectivity index (χ3n) is 5.24. The summed E-state index contributed by atoms with van der Waals surface area (Å²) in [6, 6.07) is 5.97. The summed E-state index contributed by atoms with van der Waals surface area (Å²) in [6.45, 7) is 4.72. The molecule has 5 nitrogen and oxygen atoms in total. The third-order valence-corrected chi connectivity index (χ3v) is 5.24. The first-order valence-electron chi connectivity index (χ1n) is 8.93. The first-order chi connectivity index (χ1) is 11.7. The Morgan fingerprint density at radius 1 is 1.08 bits per heavy atom. The van der Waals surface area contributed by atoms with Crippen molar-refractivity contribution in [3.05, 3.63) is 23.8 Å². The number of hydrogen-bond donors (Lipinski definition) is 0. The Bertz CT molecular complexity index is 562. The molecule has 1 amide bonds. The van der Waals surface area contributed by atoms with E-state index in [0.717, 1.165) is 57.1 Å². The molecule has 5 heteroatoms. The topological polar surface area (TPSA) is 42.0 Å². The summed E-state index contributed by atoms with van der Waals surface area (Å²) in [5, 5.41) is 0. The van der Waals surface area contributed by atoms with Crippen molar-refractivity contribution in [1.82, 2.24) is 9.80 Å². The van der Waals surface area contributed by atoms with Gasteiger partial charge in [-0.3, -0.25) is 9.69 Å². The third kappa shape index (κ3) is 3.83. The molecule has 0 aliphatic carbocycles. The fourth-order valence-corrected chi connectivity index (χ4v) is 3.76. The van der Waals surface area contributed by atoms with Crippen LogP contribution in [0.15, 0.2) is 18.2 Å². The average molecular weight is 332 g/mol. The van der Waals surface area contributed by atoms with Crippen molar-refractivity contribution >= 4 is 5.91 Å². The van der Waals surface area contributed by atoms with Crippen LogP contribution in [0.3, 0.4) is 0 Å². The molecule has 132 valence electrons. The highest BCUT2D eigenvalue weighted by atomic mass is 16.5. The Morgan fingerprint density at radius 3 is 2.42 bits per heavy atom. The number of carbonyl (C=O) groups is 1. The monoisotopic (exact) mass is 332 g/mol. The Balaban J connectivity index is 1.54. The second-order valence-electron chi connectivity index (χ2n) is 6.76. The van der Waals surface area contributed by atoms with E-state index in [4.69, 9.17) is 9.47 Å². The van der Waals surface area contributed by atoms with Crippen LogP contribution in [0.2, 0.25) is 0 Å². The molecule has 1 aromatic carbocycles. The van der Waals surface area contributed by atoms with Crippen LogP contribution in [-0.4, -0.2) is 56.1 Å². The van der Waals surface area contributed by atoms with Gasteiger partial charge in [0, 0.05) is 37.2 Å². The number of nitrogens with zero attached hydrogens (tertiary/aromatic N) is 2. The van der Waals surface area contributed by atoms with Gasteiger partial charge in [-0.15, -0.1) is 0 Å². The molecule has 0 spiro atoms. The van der Waals surface area contributed by atoms with Gasteiger partial charge in [0.2, 0.25) is 5.91 Å². The molecule has 2 fully saturated rings. The second kappa shape index (κ2) is 7.88. The maximum Gasteiger partial charge on any atom is 0.225 e. The summed E-state index contributed by atoms with van der Waals surface area (Å²) in [5.41, 5.74) is 1.17. The van der Waals surface area contributed by atoms with Gasteiger partial charge in [-0.1, -0.05) is 6.07 Å². The minimum absolute atomic E-state index is 0.220. The van der Waals surface area contributed by atoms with Crippen LogP contribution < -0.4 is 9.47 Å². The lowest BCUT2D eigenvalue weighted by Gasteiger charge is -2.33. The standard InChI is InChI=1S/C19H28N2O3/c1-23-17-6-5-16(18(13-17)24-2)14-20-11-7-15(8-12-20)19(22)21-9-3-4-10-21/h5-6,13,15H,3-4,7-12,14H2,1-2H3. The number of carbonyl (C=O) groups excluding carboxylic acids is 1. The van der Waals surface area contributed by atoms with Gasteiger partial charge in [-0.05, 0) is 44.8 Å². The van der Waals surface area contributed by atoms with Gasteiger partial charge in [0.1, 0.15) is 11.5 Å². The lowest BCUT2D eigenvalue weighted by Crippen LogP contribution is -2.41. The zero-order valence-electron chi connectivity index (χ0n) is 14.8. The zero-order chi connectivity index (χ0) is 16.9. The summed E-state index contributed by atoms with van der Waals surface area (Å²) >= 11 is 0. The highest BCUT2D eigenvalue weighted by Gasteiger charge is 2.29. The Hall–Kier alpha value is -1.75. The molecule has 2 saturated heterocycles. The van der Waals surface area contributed by atoms with Gasteiger partial charge < -0.3 is 14.4 Å². The minimum atomic E-state index is 0.220. The lowest BCUT2D eigenvalue weighted by molar-refractivity contribution is -0.136. The number of benzene rings is 1. The highest BCUT2D eigenvalue weighted by Crippen LogP contribution is 2.28. The normalized spacial score (nSPS) is 19.5. The van der Waals surface area contributed by atoms with Crippen LogP contribution in [0, 0.1) is 5.92 Å². The Kier molecular flexibility index (Phi) is 5.61. The molecule has 2 aliphatic heterocycles. The van der Waals surface area contributed by atoms with E-state index in [9.17, 15) is 4.79 Å². The zero-order valence-corrected chi connectivity index (χ0v) is 14.8. The Labute approximate surface area is 144 Å². The first-order valence-corrected chi connectivity index (χ1v) is 8.93. The molecule has 24 heavy (non-hydrogen) atoms. The van der Waals surface area contributed by atoms with Crippen LogP contribution in [0.5, 0.6) is 11.5 Å². The van der Waals surface area contributed by atoms with Crippen molar-refractivity contribution in [2.45, 2.75) is 32.2 Å². The van der Waals surface area contributed by atoms with Crippen molar-refractivity contribution in [3.63, 3.8) is 0 Å². The van der Waals surface area contributed by atoms with Gasteiger partial charge in [0.15, 0.2) is 0 Å². The van der Waals surface area contributed by atoms with Gasteiger partial charge in [0.05, 0.1) is 14.2 Å². The summed E-state index contributed by atoms with van der Waals surface area (Å²) < 4.78 is 10.7. The SMILES string of the molecule is COc1ccc(CN2CCC(C(=O)N3CCCC3)CC2)c(OC)c1. The van der Waals surface area contributed by atoms with Gasteiger partial charge in [-0.2, -0.15) is 0 Å². The number of rotatable bonds is 5. The van der Waals surface area contributed by atoms with Crippen LogP contribution in [0.25, 0.3) is 0 Å². The van der Waals surface area contributed by atoms with E-state index in [1.165, 1.54) is 18.4 Å². The predicted octanol–water partition coefficient (Wildman–Crippen LogP) is 2.54. The molecule has 0 atom stereocenters. The predicted molar refractivity (Wildman–Crippen MR) is 93.4 cm³/mol. The largest absolute Gasteiger partial charge is 0.497 e. The fraction of sp³-hybridized carbons (Fsp3) is 0.632. The van der Waals surface area contributed by atoms with E-state index in [-0.39, 0.29) is 5.92 Å². The molecular formula is C19H28N2O3. The molecule has 0 bridgehead atoms. The summed E-state index contributed by atoms with van der Waals surface area (Å²) in [7, 11) is 3.36. The quantitative estimate of drug-likeness (QED) is 0.831. The van der Waals surface area contributed by atoms with Crippen molar-refractivity contribution < 1.29 is 14.3 Å². The molecule has 2 heterocycles. The number of likely N-dealkylation sites (tertiary alicyclic amines) is 2. The molecule has 1 aromatic rings. The highest BCUT2D eigenvalue weighted by molar-refractivity contribution is 5.79. The van der Waals surface area contributed by atoms with E-state index >= 15 is 0 Å². The number of amides is 1. The summed E-state index contributed by atoms with van der Waals surface area (Å²) in [4.78, 5) is 17.0. The van der Waals surface area contributed by atoms with E-state index < -0.39 is 0 Å². The molecule has 0 aromatic heterocycles. The molecule has 0 N–H and O–H groups in total. The smallest absolute Gasteiger partial charge is 0.225 e. The number of ether oxygens (including phenoxy) is 2. The van der Waals surface area contributed by atoms with E-state index in [1.54, 1.807) is 14.2 Å². The summed E-state index contributed by atoms with van der Waals surface area (Å²) in [6.07, 6.45) is 4.27. The lowest BCUT2D eigenvalue weighted by atomic mass is 9.95. The molecule has 0 saturated carbocycles. The number of hydrogen-bond acceptors (Lipinski definition) is 4. The first kappa shape index (κ1) is 17.1. The van der Waals surface area contributed by atoms with Crippen LogP contribution in [-0.2, 0) is 11.3 Å². The van der Waals surface area contributed by atoms with Crippen LogP contribution in [0.4, 0.5) is 0 Å². The maximum atomic E-state index is 12.5. The van der Waals surface area contributed by atoms with Crippen molar-refractivity contribution in [2.24, 2.45) is 5.92 Å². The van der Waals surface area contributed by atoms with Crippen LogP contribution in [0.1, 0.15) is 31.2 Å². The maximum absolute atomic E-state index is 12.5. The molecule has 0 unspecified atom stereocenters. The second-order valence-corrected chi connectivity index (χ2v) is 6.76. The minimum Gasteiger partial charge on any atom is -0.497 e. The molecule has 0 radical (unpaired) electrons. The van der Waals surface area contributed by atoms with Crippen molar-refractivity contribution in [1.29, 1.82) is 0 Å². The molecular weight excluding hydrogens is 304 g/mol. The molecule has 2 aliphatic rings. The number of methoxy groups -OCH3 is 2. The van der Waals surface area contributed by atoms with E-state index in [1.807, 2.05) is 12.1 Å². The van der Waals surface area contributed by atoms with Crippen molar-refractivity contribution in [3.8, 4) is 11.5 Å². The summed E-state index contributed by atoms with van der Waals surface area (Å²) in [5.74, 6) is 2.28. The van der Waals surface area contributed by atoms with Gasteiger partial charge >= 0.3 is 0 Å². The Morgan fingerprint density at radius 2 is 1.79 bits per heavy atom.